The van der Waals surface area contributed by atoms with Crippen molar-refractivity contribution in [1.29, 1.82) is 0 Å². The van der Waals surface area contributed by atoms with Crippen molar-refractivity contribution in [3.05, 3.63) is 23.7 Å². The number of nitrogen functional groups attached to an aromatic ring is 1. The molecule has 0 aromatic carbocycles. The topological polar surface area (TPSA) is 140 Å². The highest BCUT2D eigenvalue weighted by Crippen LogP contribution is 2.31. The normalized spacial score (nSPS) is 16.1. The molecule has 1 aliphatic heterocycles. The molecule has 1 atom stereocenters. The summed E-state index contributed by atoms with van der Waals surface area (Å²) in [6, 6.07) is 2.66. The standard InChI is InChI=1S/C25H39N9O2/c1-5-6-18(9-12-35)28-24-23-20(29-25(26)30-24)14-27-34(23)15-21-22(36-4)13-19(31-32-21)17-7-10-33(11-8-17)16(2)3/h13-14,16-18,35H,5-12,15H2,1-4H3,(H3,26,28,29,30). The van der Waals surface area contributed by atoms with Gasteiger partial charge in [-0.2, -0.15) is 15.2 Å². The number of hydrogen-bond acceptors (Lipinski definition) is 10. The monoisotopic (exact) mass is 497 g/mol. The van der Waals surface area contributed by atoms with Crippen LogP contribution in [0.1, 0.15) is 70.2 Å². The lowest BCUT2D eigenvalue weighted by molar-refractivity contribution is 0.170. The highest BCUT2D eigenvalue weighted by atomic mass is 16.5. The Hall–Kier alpha value is -3.05. The van der Waals surface area contributed by atoms with Crippen LogP contribution in [0.15, 0.2) is 12.3 Å². The molecule has 11 nitrogen and oxygen atoms in total. The fraction of sp³-hybridized carbons (Fsp3) is 0.640. The maximum Gasteiger partial charge on any atom is 0.222 e. The highest BCUT2D eigenvalue weighted by Gasteiger charge is 2.25. The molecule has 196 valence electrons. The number of nitrogens with zero attached hydrogens (tertiary/aromatic N) is 7. The Morgan fingerprint density at radius 2 is 1.97 bits per heavy atom. The minimum Gasteiger partial charge on any atom is -0.495 e. The Bertz CT molecular complexity index is 1140. The first-order chi connectivity index (χ1) is 17.4. The third kappa shape index (κ3) is 5.84. The predicted octanol–water partition coefficient (Wildman–Crippen LogP) is 2.81. The molecule has 0 aliphatic carbocycles. The van der Waals surface area contributed by atoms with Crippen molar-refractivity contribution in [3.8, 4) is 5.75 Å². The number of likely N-dealkylation sites (tertiary alicyclic amines) is 1. The lowest BCUT2D eigenvalue weighted by Gasteiger charge is -2.34. The molecule has 1 aliphatic rings. The Morgan fingerprint density at radius 1 is 1.19 bits per heavy atom. The molecule has 0 saturated carbocycles. The molecule has 0 amide bonds. The Morgan fingerprint density at radius 3 is 2.64 bits per heavy atom. The van der Waals surface area contributed by atoms with Crippen molar-refractivity contribution < 1.29 is 9.84 Å². The zero-order valence-electron chi connectivity index (χ0n) is 21.8. The van der Waals surface area contributed by atoms with Crippen molar-refractivity contribution in [2.75, 3.05) is 37.9 Å². The van der Waals surface area contributed by atoms with E-state index in [1.165, 1.54) is 0 Å². The van der Waals surface area contributed by atoms with Gasteiger partial charge in [0, 0.05) is 30.7 Å². The van der Waals surface area contributed by atoms with Crippen molar-refractivity contribution in [2.24, 2.45) is 0 Å². The molecule has 0 spiro atoms. The van der Waals surface area contributed by atoms with Crippen molar-refractivity contribution >= 4 is 22.8 Å². The number of aliphatic hydroxyl groups is 1. The van der Waals surface area contributed by atoms with Crippen molar-refractivity contribution in [3.63, 3.8) is 0 Å². The summed E-state index contributed by atoms with van der Waals surface area (Å²) >= 11 is 0. The second-order valence-electron chi connectivity index (χ2n) is 9.80. The smallest absolute Gasteiger partial charge is 0.222 e. The lowest BCUT2D eigenvalue weighted by atomic mass is 9.92. The largest absolute Gasteiger partial charge is 0.495 e. The number of aromatic nitrogens is 6. The van der Waals surface area contributed by atoms with E-state index in [1.54, 1.807) is 18.0 Å². The van der Waals surface area contributed by atoms with Gasteiger partial charge in [0.1, 0.15) is 22.5 Å². The summed E-state index contributed by atoms with van der Waals surface area (Å²) in [5.74, 6) is 1.86. The maximum atomic E-state index is 9.48. The van der Waals surface area contributed by atoms with E-state index in [1.807, 2.05) is 6.07 Å². The third-order valence-corrected chi connectivity index (χ3v) is 7.01. The van der Waals surface area contributed by atoms with E-state index >= 15 is 0 Å². The number of anilines is 2. The average molecular weight is 498 g/mol. The number of hydrogen-bond donors (Lipinski definition) is 3. The van der Waals surface area contributed by atoms with E-state index < -0.39 is 0 Å². The van der Waals surface area contributed by atoms with Gasteiger partial charge in [-0.1, -0.05) is 13.3 Å². The van der Waals surface area contributed by atoms with E-state index in [4.69, 9.17) is 10.5 Å². The van der Waals surface area contributed by atoms with Gasteiger partial charge in [0.2, 0.25) is 5.95 Å². The number of aliphatic hydroxyl groups excluding tert-OH is 1. The van der Waals surface area contributed by atoms with Crippen LogP contribution in [0.2, 0.25) is 0 Å². The number of fused-ring (bicyclic) bond motifs is 1. The van der Waals surface area contributed by atoms with Crippen LogP contribution >= 0.6 is 0 Å². The van der Waals surface area contributed by atoms with Gasteiger partial charge >= 0.3 is 0 Å². The van der Waals surface area contributed by atoms with Crippen molar-refractivity contribution in [1.82, 2.24) is 34.8 Å². The molecule has 0 bridgehead atoms. The summed E-state index contributed by atoms with van der Waals surface area (Å²) in [7, 11) is 1.66. The SMILES string of the molecule is CCCC(CCO)Nc1nc(N)nc2cnn(Cc3nnc(C4CCN(C(C)C)CC4)cc3OC)c12. The Kier molecular flexibility index (Phi) is 8.52. The van der Waals surface area contributed by atoms with Crippen LogP contribution < -0.4 is 15.8 Å². The molecule has 0 radical (unpaired) electrons. The van der Waals surface area contributed by atoms with E-state index in [-0.39, 0.29) is 18.6 Å². The highest BCUT2D eigenvalue weighted by molar-refractivity contribution is 5.86. The van der Waals surface area contributed by atoms with E-state index in [2.05, 4.69) is 56.3 Å². The van der Waals surface area contributed by atoms with E-state index in [0.29, 0.717) is 47.7 Å². The predicted molar refractivity (Wildman–Crippen MR) is 140 cm³/mol. The second-order valence-corrected chi connectivity index (χ2v) is 9.80. The first kappa shape index (κ1) is 26.0. The molecule has 4 rings (SSSR count). The van der Waals surface area contributed by atoms with Gasteiger partial charge in [-0.25, -0.2) is 4.98 Å². The van der Waals surface area contributed by atoms with E-state index in [0.717, 1.165) is 50.0 Å². The molecule has 1 saturated heterocycles. The summed E-state index contributed by atoms with van der Waals surface area (Å²) in [5, 5.41) is 26.6. The third-order valence-electron chi connectivity index (χ3n) is 7.01. The average Bonchev–Trinajstić information content (AvgIpc) is 3.27. The van der Waals surface area contributed by atoms with Crippen LogP contribution in [0.5, 0.6) is 5.75 Å². The van der Waals surface area contributed by atoms with Gasteiger partial charge in [-0.05, 0) is 52.6 Å². The number of ether oxygens (including phenoxy) is 1. The molecule has 4 heterocycles. The quantitative estimate of drug-likeness (QED) is 0.362. The fourth-order valence-corrected chi connectivity index (χ4v) is 4.98. The lowest BCUT2D eigenvalue weighted by Crippen LogP contribution is -2.38. The molecule has 36 heavy (non-hydrogen) atoms. The molecule has 1 fully saturated rings. The van der Waals surface area contributed by atoms with Crippen LogP contribution in [0.4, 0.5) is 11.8 Å². The Labute approximate surface area is 212 Å². The zero-order chi connectivity index (χ0) is 25.7. The van der Waals surface area contributed by atoms with Crippen LogP contribution in [0, 0.1) is 0 Å². The molecule has 4 N–H and O–H groups in total. The van der Waals surface area contributed by atoms with Gasteiger partial charge in [0.15, 0.2) is 5.82 Å². The number of nitrogens with one attached hydrogen (secondary N) is 1. The number of nitrogens with two attached hydrogens (primary N) is 1. The number of methoxy groups -OCH3 is 1. The molecular formula is C25H39N9O2. The minimum absolute atomic E-state index is 0.0663. The van der Waals surface area contributed by atoms with Crippen molar-refractivity contribution in [2.45, 2.75) is 77.4 Å². The Balaban J connectivity index is 1.59. The van der Waals surface area contributed by atoms with Gasteiger partial charge in [-0.15, -0.1) is 5.10 Å². The van der Waals surface area contributed by atoms with Gasteiger partial charge in [0.05, 0.1) is 25.5 Å². The summed E-state index contributed by atoms with van der Waals surface area (Å²) in [4.78, 5) is 11.3. The molecule has 1 unspecified atom stereocenters. The van der Waals surface area contributed by atoms with Crippen LogP contribution in [0.25, 0.3) is 11.0 Å². The summed E-state index contributed by atoms with van der Waals surface area (Å²) < 4.78 is 7.52. The first-order valence-corrected chi connectivity index (χ1v) is 12.9. The molecule has 3 aromatic rings. The van der Waals surface area contributed by atoms with Gasteiger partial charge in [0.25, 0.3) is 0 Å². The first-order valence-electron chi connectivity index (χ1n) is 12.9. The maximum absolute atomic E-state index is 9.48. The van der Waals surface area contributed by atoms with Gasteiger partial charge in [-0.3, -0.25) is 4.68 Å². The number of piperidine rings is 1. The number of rotatable bonds is 11. The van der Waals surface area contributed by atoms with Crippen LogP contribution in [-0.4, -0.2) is 78.8 Å². The summed E-state index contributed by atoms with van der Waals surface area (Å²) in [5.41, 5.74) is 9.02. The van der Waals surface area contributed by atoms with Gasteiger partial charge < -0.3 is 25.8 Å². The minimum atomic E-state index is 0.0663. The fourth-order valence-electron chi connectivity index (χ4n) is 4.98. The van der Waals surface area contributed by atoms with E-state index in [9.17, 15) is 5.11 Å². The summed E-state index contributed by atoms with van der Waals surface area (Å²) in [6.07, 6.45) is 6.31. The molecule has 11 heteroatoms. The second kappa shape index (κ2) is 11.8. The molecular weight excluding hydrogens is 458 g/mol. The summed E-state index contributed by atoms with van der Waals surface area (Å²) in [6.45, 7) is 9.19. The van der Waals surface area contributed by atoms with Crippen LogP contribution in [-0.2, 0) is 6.54 Å². The zero-order valence-corrected chi connectivity index (χ0v) is 21.8. The molecule has 3 aromatic heterocycles. The van der Waals surface area contributed by atoms with Crippen LogP contribution in [0.3, 0.4) is 0 Å².